The highest BCUT2D eigenvalue weighted by Gasteiger charge is 2.15. The molecule has 0 aliphatic carbocycles. The quantitative estimate of drug-likeness (QED) is 0.595. The van der Waals surface area contributed by atoms with Crippen molar-refractivity contribution in [3.63, 3.8) is 0 Å². The number of nitrogens with two attached hydrogens (primary N) is 1. The lowest BCUT2D eigenvalue weighted by molar-refractivity contribution is 0.379. The first kappa shape index (κ1) is 15.0. The van der Waals surface area contributed by atoms with E-state index in [1.165, 1.54) is 7.11 Å². The van der Waals surface area contributed by atoms with Crippen LogP contribution < -0.4 is 20.9 Å². The van der Waals surface area contributed by atoms with Crippen LogP contribution in [0.4, 0.5) is 17.6 Å². The molecular formula is C14H20N6O. The number of hydrogen-bond acceptors (Lipinski definition) is 7. The Morgan fingerprint density at radius 2 is 1.95 bits per heavy atom. The zero-order valence-electron chi connectivity index (χ0n) is 12.3. The Bertz CT molecular complexity index is 540. The average Bonchev–Trinajstić information content (AvgIpc) is 2.55. The van der Waals surface area contributed by atoms with Gasteiger partial charge in [-0.2, -0.15) is 15.0 Å². The first-order valence-electron chi connectivity index (χ1n) is 6.87. The van der Waals surface area contributed by atoms with Gasteiger partial charge in [0.15, 0.2) is 0 Å². The van der Waals surface area contributed by atoms with Gasteiger partial charge in [-0.05, 0) is 18.6 Å². The molecular weight excluding hydrogens is 268 g/mol. The van der Waals surface area contributed by atoms with E-state index < -0.39 is 0 Å². The van der Waals surface area contributed by atoms with E-state index in [1.54, 1.807) is 0 Å². The Hall–Kier alpha value is -2.41. The zero-order chi connectivity index (χ0) is 15.1. The van der Waals surface area contributed by atoms with Crippen LogP contribution in [0.15, 0.2) is 30.3 Å². The van der Waals surface area contributed by atoms with Crippen LogP contribution in [0.25, 0.3) is 0 Å². The molecule has 1 aromatic heterocycles. The van der Waals surface area contributed by atoms with Crippen LogP contribution in [-0.4, -0.2) is 28.6 Å². The Morgan fingerprint density at radius 3 is 2.57 bits per heavy atom. The molecule has 0 bridgehead atoms. The summed E-state index contributed by atoms with van der Waals surface area (Å²) in [5, 5.41) is 0. The summed E-state index contributed by atoms with van der Waals surface area (Å²) < 4.78 is 5.10. The largest absolute Gasteiger partial charge is 0.467 e. The van der Waals surface area contributed by atoms with Crippen molar-refractivity contribution in [2.75, 3.05) is 24.0 Å². The molecule has 0 fully saturated rings. The van der Waals surface area contributed by atoms with Crippen molar-refractivity contribution in [1.29, 1.82) is 0 Å². The Kier molecular flexibility index (Phi) is 5.28. The molecule has 0 spiro atoms. The van der Waals surface area contributed by atoms with Crippen molar-refractivity contribution in [2.45, 2.75) is 19.8 Å². The molecule has 21 heavy (non-hydrogen) atoms. The molecule has 0 radical (unpaired) electrons. The van der Waals surface area contributed by atoms with Gasteiger partial charge in [-0.3, -0.25) is 5.43 Å². The van der Waals surface area contributed by atoms with Crippen molar-refractivity contribution in [3.05, 3.63) is 30.3 Å². The lowest BCUT2D eigenvalue weighted by Crippen LogP contribution is -2.22. The minimum atomic E-state index is 0.227. The molecule has 0 amide bonds. The van der Waals surface area contributed by atoms with E-state index in [1.807, 2.05) is 35.2 Å². The maximum Gasteiger partial charge on any atom is 0.322 e. The van der Waals surface area contributed by atoms with E-state index in [-0.39, 0.29) is 12.0 Å². The van der Waals surface area contributed by atoms with Gasteiger partial charge in [0.25, 0.3) is 0 Å². The molecule has 0 unspecified atom stereocenters. The van der Waals surface area contributed by atoms with Crippen molar-refractivity contribution in [2.24, 2.45) is 5.84 Å². The van der Waals surface area contributed by atoms with Crippen LogP contribution in [0.5, 0.6) is 6.01 Å². The summed E-state index contributed by atoms with van der Waals surface area (Å²) >= 11 is 0. The molecule has 0 aliphatic rings. The Labute approximate surface area is 124 Å². The minimum Gasteiger partial charge on any atom is -0.467 e. The number of hydrazine groups is 1. The Morgan fingerprint density at radius 1 is 1.19 bits per heavy atom. The van der Waals surface area contributed by atoms with Crippen LogP contribution in [0.3, 0.4) is 0 Å². The first-order valence-corrected chi connectivity index (χ1v) is 6.87. The molecule has 0 saturated carbocycles. The van der Waals surface area contributed by atoms with Gasteiger partial charge in [0.2, 0.25) is 11.9 Å². The highest BCUT2D eigenvalue weighted by molar-refractivity contribution is 5.57. The van der Waals surface area contributed by atoms with Crippen molar-refractivity contribution >= 4 is 17.6 Å². The minimum absolute atomic E-state index is 0.227. The second-order valence-corrected chi connectivity index (χ2v) is 4.43. The van der Waals surface area contributed by atoms with Crippen molar-refractivity contribution < 1.29 is 4.74 Å². The number of nitrogens with zero attached hydrogens (tertiary/aromatic N) is 4. The summed E-state index contributed by atoms with van der Waals surface area (Å²) in [6, 6.07) is 10.2. The lowest BCUT2D eigenvalue weighted by atomic mass is 10.2. The van der Waals surface area contributed by atoms with Gasteiger partial charge in [0.1, 0.15) is 0 Å². The second-order valence-electron chi connectivity index (χ2n) is 4.43. The van der Waals surface area contributed by atoms with Crippen LogP contribution in [0.1, 0.15) is 19.8 Å². The number of unbranched alkanes of at least 4 members (excludes halogenated alkanes) is 1. The van der Waals surface area contributed by atoms with Crippen LogP contribution in [-0.2, 0) is 0 Å². The molecule has 0 aliphatic heterocycles. The first-order chi connectivity index (χ1) is 10.3. The van der Waals surface area contributed by atoms with Gasteiger partial charge in [-0.1, -0.05) is 31.5 Å². The summed E-state index contributed by atoms with van der Waals surface area (Å²) in [7, 11) is 1.51. The number of methoxy groups -OCH3 is 1. The van der Waals surface area contributed by atoms with Gasteiger partial charge in [-0.15, -0.1) is 0 Å². The van der Waals surface area contributed by atoms with E-state index in [4.69, 9.17) is 10.6 Å². The Balaban J connectivity index is 2.40. The van der Waals surface area contributed by atoms with Crippen LogP contribution in [0.2, 0.25) is 0 Å². The average molecular weight is 288 g/mol. The molecule has 112 valence electrons. The van der Waals surface area contributed by atoms with Crippen molar-refractivity contribution in [1.82, 2.24) is 15.0 Å². The number of benzene rings is 1. The fourth-order valence-electron chi connectivity index (χ4n) is 1.89. The third kappa shape index (κ3) is 3.79. The third-order valence-corrected chi connectivity index (χ3v) is 2.96. The van der Waals surface area contributed by atoms with Gasteiger partial charge < -0.3 is 9.64 Å². The number of ether oxygens (including phenoxy) is 1. The topological polar surface area (TPSA) is 89.2 Å². The van der Waals surface area contributed by atoms with Crippen LogP contribution >= 0.6 is 0 Å². The summed E-state index contributed by atoms with van der Waals surface area (Å²) in [6.45, 7) is 2.95. The van der Waals surface area contributed by atoms with Gasteiger partial charge in [-0.25, -0.2) is 5.84 Å². The molecule has 3 N–H and O–H groups in total. The molecule has 2 rings (SSSR count). The van der Waals surface area contributed by atoms with Gasteiger partial charge in [0, 0.05) is 12.2 Å². The highest BCUT2D eigenvalue weighted by atomic mass is 16.5. The summed E-state index contributed by atoms with van der Waals surface area (Å²) in [5.41, 5.74) is 3.45. The second kappa shape index (κ2) is 7.39. The molecule has 1 heterocycles. The number of anilines is 3. The molecule has 7 heteroatoms. The van der Waals surface area contributed by atoms with E-state index in [0.717, 1.165) is 25.1 Å². The van der Waals surface area contributed by atoms with Gasteiger partial charge >= 0.3 is 6.01 Å². The van der Waals surface area contributed by atoms with E-state index in [2.05, 4.69) is 27.3 Å². The van der Waals surface area contributed by atoms with Crippen LogP contribution in [0, 0.1) is 0 Å². The summed E-state index contributed by atoms with van der Waals surface area (Å²) in [5.74, 6) is 6.19. The maximum absolute atomic E-state index is 5.40. The zero-order valence-corrected chi connectivity index (χ0v) is 12.3. The standard InChI is InChI=1S/C14H20N6O/c1-3-4-10-20(11-8-6-5-7-9-11)13-16-12(19-15)17-14(18-13)21-2/h5-9H,3-4,10,15H2,1-2H3,(H,16,17,18,19). The maximum atomic E-state index is 5.40. The van der Waals surface area contributed by atoms with E-state index in [9.17, 15) is 0 Å². The van der Waals surface area contributed by atoms with E-state index >= 15 is 0 Å². The molecule has 2 aromatic rings. The predicted molar refractivity (Wildman–Crippen MR) is 82.5 cm³/mol. The van der Waals surface area contributed by atoms with Gasteiger partial charge in [0.05, 0.1) is 7.11 Å². The monoisotopic (exact) mass is 288 g/mol. The third-order valence-electron chi connectivity index (χ3n) is 2.96. The molecule has 0 saturated heterocycles. The fourth-order valence-corrected chi connectivity index (χ4v) is 1.89. The van der Waals surface area contributed by atoms with Crippen molar-refractivity contribution in [3.8, 4) is 6.01 Å². The predicted octanol–water partition coefficient (Wildman–Crippen LogP) is 2.10. The highest BCUT2D eigenvalue weighted by Crippen LogP contribution is 2.24. The number of rotatable bonds is 7. The number of nitrogens with one attached hydrogen (secondary N) is 1. The van der Waals surface area contributed by atoms with E-state index in [0.29, 0.717) is 5.95 Å². The SMILES string of the molecule is CCCCN(c1ccccc1)c1nc(NN)nc(OC)n1. The molecule has 7 nitrogen and oxygen atoms in total. The summed E-state index contributed by atoms with van der Waals surface area (Å²) in [4.78, 5) is 14.7. The number of aromatic nitrogens is 3. The number of para-hydroxylation sites is 1. The number of hydrogen-bond donors (Lipinski definition) is 2. The molecule has 1 aromatic carbocycles. The smallest absolute Gasteiger partial charge is 0.322 e. The fraction of sp³-hybridized carbons (Fsp3) is 0.357. The lowest BCUT2D eigenvalue weighted by Gasteiger charge is -2.23. The molecule has 0 atom stereocenters. The normalized spacial score (nSPS) is 10.2. The summed E-state index contributed by atoms with van der Waals surface area (Å²) in [6.07, 6.45) is 2.10. The number of nitrogen functional groups attached to an aromatic ring is 1.